The SMILES string of the molecule is CC(=O)Nc1ccc(CN(Cc2ccc(F)cc2)CC2CCCO2)cc1.O=C(O)CC(O)(CC(=O)O)C(=O)O. The number of nitrogens with zero attached hydrogens (tertiary/aromatic N) is 1. The number of amides is 1. The summed E-state index contributed by atoms with van der Waals surface area (Å²) in [4.78, 5) is 44.0. The summed E-state index contributed by atoms with van der Waals surface area (Å²) in [5, 5.41) is 36.6. The molecule has 1 fully saturated rings. The molecule has 3 rings (SSSR count). The molecule has 212 valence electrons. The Kier molecular flexibility index (Phi) is 12.0. The predicted molar refractivity (Wildman–Crippen MR) is 137 cm³/mol. The Morgan fingerprint density at radius 2 is 1.46 bits per heavy atom. The van der Waals surface area contributed by atoms with Gasteiger partial charge >= 0.3 is 17.9 Å². The number of carboxylic acids is 3. The molecule has 1 atom stereocenters. The van der Waals surface area contributed by atoms with Gasteiger partial charge in [0.25, 0.3) is 0 Å². The number of hydrogen-bond donors (Lipinski definition) is 5. The zero-order chi connectivity index (χ0) is 29.0. The molecule has 0 aliphatic carbocycles. The van der Waals surface area contributed by atoms with Gasteiger partial charge in [-0.15, -0.1) is 0 Å². The zero-order valence-electron chi connectivity index (χ0n) is 21.5. The van der Waals surface area contributed by atoms with E-state index in [0.29, 0.717) is 0 Å². The van der Waals surface area contributed by atoms with E-state index in [1.54, 1.807) is 0 Å². The largest absolute Gasteiger partial charge is 0.481 e. The number of benzene rings is 2. The van der Waals surface area contributed by atoms with Gasteiger partial charge < -0.3 is 30.5 Å². The second-order valence-electron chi connectivity index (χ2n) is 9.29. The minimum Gasteiger partial charge on any atom is -0.481 e. The molecule has 1 amide bonds. The second kappa shape index (κ2) is 14.9. The van der Waals surface area contributed by atoms with E-state index >= 15 is 0 Å². The first-order valence-electron chi connectivity index (χ1n) is 12.2. The van der Waals surface area contributed by atoms with Gasteiger partial charge in [0.1, 0.15) is 5.82 Å². The number of carbonyl (C=O) groups excluding carboxylic acids is 1. The summed E-state index contributed by atoms with van der Waals surface area (Å²) in [5.74, 6) is -5.31. The van der Waals surface area contributed by atoms with Gasteiger partial charge in [-0.1, -0.05) is 24.3 Å². The smallest absolute Gasteiger partial charge is 0.336 e. The standard InChI is InChI=1S/C21H25FN2O2.C6H8O7/c1-16(25)23-20-10-6-18(7-11-20)14-24(15-21-3-2-12-26-21)13-17-4-8-19(22)9-5-17;7-3(8)1-6(13,5(11)12)2-4(9)10/h4-11,21H,2-3,12-15H2,1H3,(H,23,25);13H,1-2H2,(H,7,8)(H,9,10)(H,11,12). The Hall–Kier alpha value is -3.87. The molecule has 2 aromatic carbocycles. The third kappa shape index (κ3) is 11.6. The maximum Gasteiger partial charge on any atom is 0.336 e. The monoisotopic (exact) mass is 548 g/mol. The number of aliphatic hydroxyl groups is 1. The molecular formula is C27H33FN2O9. The van der Waals surface area contributed by atoms with Crippen molar-refractivity contribution in [1.29, 1.82) is 0 Å². The molecule has 0 bridgehead atoms. The number of carbonyl (C=O) groups is 4. The minimum atomic E-state index is -2.74. The van der Waals surface area contributed by atoms with Crippen molar-refractivity contribution in [2.45, 2.75) is 57.4 Å². The molecule has 1 heterocycles. The van der Waals surface area contributed by atoms with Gasteiger partial charge in [-0.2, -0.15) is 0 Å². The van der Waals surface area contributed by atoms with Crippen molar-refractivity contribution >= 4 is 29.5 Å². The first-order valence-corrected chi connectivity index (χ1v) is 12.2. The van der Waals surface area contributed by atoms with E-state index in [2.05, 4.69) is 10.2 Å². The van der Waals surface area contributed by atoms with Gasteiger partial charge in [0.05, 0.1) is 18.9 Å². The van der Waals surface area contributed by atoms with E-state index < -0.39 is 36.4 Å². The van der Waals surface area contributed by atoms with Crippen molar-refractivity contribution in [3.05, 3.63) is 65.5 Å². The first kappa shape index (κ1) is 31.3. The van der Waals surface area contributed by atoms with Gasteiger partial charge in [0.15, 0.2) is 5.60 Å². The lowest BCUT2D eigenvalue weighted by Gasteiger charge is -2.25. The van der Waals surface area contributed by atoms with Crippen LogP contribution in [0.15, 0.2) is 48.5 Å². The van der Waals surface area contributed by atoms with Crippen LogP contribution in [0.25, 0.3) is 0 Å². The fourth-order valence-corrected chi connectivity index (χ4v) is 3.98. The Bertz CT molecular complexity index is 1100. The van der Waals surface area contributed by atoms with Crippen LogP contribution in [-0.2, 0) is 37.0 Å². The summed E-state index contributed by atoms with van der Waals surface area (Å²) in [5.41, 5.74) is 0.307. The molecular weight excluding hydrogens is 515 g/mol. The fraction of sp³-hybridized carbons (Fsp3) is 0.407. The third-order valence-electron chi connectivity index (χ3n) is 5.77. The van der Waals surface area contributed by atoms with E-state index in [4.69, 9.17) is 25.2 Å². The lowest BCUT2D eigenvalue weighted by molar-refractivity contribution is -0.170. The topological polar surface area (TPSA) is 174 Å². The number of carboxylic acid groups (broad SMARTS) is 3. The quantitative estimate of drug-likeness (QED) is 0.265. The van der Waals surface area contributed by atoms with Crippen molar-refractivity contribution in [2.75, 3.05) is 18.5 Å². The number of anilines is 1. The highest BCUT2D eigenvalue weighted by molar-refractivity contribution is 5.88. The van der Waals surface area contributed by atoms with Crippen molar-refractivity contribution in [3.8, 4) is 0 Å². The maximum atomic E-state index is 13.2. The normalized spacial score (nSPS) is 14.8. The lowest BCUT2D eigenvalue weighted by Crippen LogP contribution is -2.42. The van der Waals surface area contributed by atoms with Crippen LogP contribution in [0.3, 0.4) is 0 Å². The molecule has 5 N–H and O–H groups in total. The molecule has 1 unspecified atom stereocenters. The average Bonchev–Trinajstić information content (AvgIpc) is 3.34. The number of aliphatic carboxylic acids is 3. The van der Waals surface area contributed by atoms with E-state index in [0.717, 1.165) is 50.3 Å². The molecule has 0 spiro atoms. The Balaban J connectivity index is 0.000000349. The predicted octanol–water partition coefficient (Wildman–Crippen LogP) is 2.72. The van der Waals surface area contributed by atoms with Crippen molar-refractivity contribution in [3.63, 3.8) is 0 Å². The highest BCUT2D eigenvalue weighted by atomic mass is 19.1. The van der Waals surface area contributed by atoms with Crippen LogP contribution in [0, 0.1) is 5.82 Å². The zero-order valence-corrected chi connectivity index (χ0v) is 21.5. The van der Waals surface area contributed by atoms with Crippen LogP contribution in [0.5, 0.6) is 0 Å². The van der Waals surface area contributed by atoms with E-state index in [9.17, 15) is 23.6 Å². The summed E-state index contributed by atoms with van der Waals surface area (Å²) < 4.78 is 19.0. The lowest BCUT2D eigenvalue weighted by atomic mass is 9.96. The van der Waals surface area contributed by atoms with E-state index in [-0.39, 0.29) is 17.8 Å². The van der Waals surface area contributed by atoms with Gasteiger partial charge in [0.2, 0.25) is 5.91 Å². The fourth-order valence-electron chi connectivity index (χ4n) is 3.98. The number of halogens is 1. The van der Waals surface area contributed by atoms with Gasteiger partial charge in [-0.25, -0.2) is 9.18 Å². The highest BCUT2D eigenvalue weighted by Gasteiger charge is 2.40. The van der Waals surface area contributed by atoms with Crippen LogP contribution in [0.4, 0.5) is 10.1 Å². The number of nitrogens with one attached hydrogen (secondary N) is 1. The minimum absolute atomic E-state index is 0.0749. The molecule has 11 nitrogen and oxygen atoms in total. The summed E-state index contributed by atoms with van der Waals surface area (Å²) in [7, 11) is 0. The van der Waals surface area contributed by atoms with Crippen molar-refractivity contribution in [1.82, 2.24) is 4.90 Å². The van der Waals surface area contributed by atoms with Crippen LogP contribution in [0.1, 0.15) is 43.7 Å². The summed E-state index contributed by atoms with van der Waals surface area (Å²) in [6.45, 7) is 4.70. The number of ether oxygens (including phenoxy) is 1. The first-order chi connectivity index (χ1) is 18.4. The molecule has 2 aromatic rings. The average molecular weight is 549 g/mol. The Morgan fingerprint density at radius 1 is 0.949 bits per heavy atom. The van der Waals surface area contributed by atoms with E-state index in [1.807, 2.05) is 36.4 Å². The van der Waals surface area contributed by atoms with Crippen LogP contribution < -0.4 is 5.32 Å². The van der Waals surface area contributed by atoms with Crippen molar-refractivity contribution < 1.29 is 48.7 Å². The summed E-state index contributed by atoms with van der Waals surface area (Å²) in [6, 6.07) is 14.5. The number of rotatable bonds is 12. The molecule has 0 radical (unpaired) electrons. The van der Waals surface area contributed by atoms with Crippen LogP contribution in [-0.4, -0.2) is 74.0 Å². The third-order valence-corrected chi connectivity index (χ3v) is 5.77. The van der Waals surface area contributed by atoms with Crippen LogP contribution >= 0.6 is 0 Å². The van der Waals surface area contributed by atoms with E-state index in [1.165, 1.54) is 24.6 Å². The maximum absolute atomic E-state index is 13.2. The van der Waals surface area contributed by atoms with Gasteiger partial charge in [-0.05, 0) is 48.2 Å². The molecule has 1 saturated heterocycles. The highest BCUT2D eigenvalue weighted by Crippen LogP contribution is 2.19. The molecule has 0 saturated carbocycles. The molecule has 0 aromatic heterocycles. The Labute approximate surface area is 224 Å². The number of hydrogen-bond acceptors (Lipinski definition) is 7. The second-order valence-corrected chi connectivity index (χ2v) is 9.29. The summed E-state index contributed by atoms with van der Waals surface area (Å²) >= 11 is 0. The van der Waals surface area contributed by atoms with Crippen molar-refractivity contribution in [2.24, 2.45) is 0 Å². The van der Waals surface area contributed by atoms with Gasteiger partial charge in [0, 0.05) is 38.9 Å². The molecule has 39 heavy (non-hydrogen) atoms. The summed E-state index contributed by atoms with van der Waals surface area (Å²) in [6.07, 6.45) is 0.166. The Morgan fingerprint density at radius 3 is 1.87 bits per heavy atom. The molecule has 1 aliphatic heterocycles. The molecule has 1 aliphatic rings. The van der Waals surface area contributed by atoms with Gasteiger partial charge in [-0.3, -0.25) is 19.3 Å². The van der Waals surface area contributed by atoms with Crippen LogP contribution in [0.2, 0.25) is 0 Å². The molecule has 12 heteroatoms.